The molecule has 2 saturated heterocycles. The van der Waals surface area contributed by atoms with E-state index in [0.29, 0.717) is 62.2 Å². The van der Waals surface area contributed by atoms with Crippen LogP contribution in [0.1, 0.15) is 46.9 Å². The normalized spacial score (nSPS) is 17.0. The van der Waals surface area contributed by atoms with Gasteiger partial charge in [-0.3, -0.25) is 14.4 Å². The van der Waals surface area contributed by atoms with Gasteiger partial charge in [-0.1, -0.05) is 0 Å². The average molecular weight is 578 g/mol. The van der Waals surface area contributed by atoms with Gasteiger partial charge in [0.2, 0.25) is 5.91 Å². The summed E-state index contributed by atoms with van der Waals surface area (Å²) in [5, 5.41) is 0.756. The fraction of sp³-hybridized carbons (Fsp3) is 0.484. The summed E-state index contributed by atoms with van der Waals surface area (Å²) >= 11 is 0. The number of rotatable bonds is 8. The molecule has 11 heteroatoms. The highest BCUT2D eigenvalue weighted by molar-refractivity contribution is 5.95. The summed E-state index contributed by atoms with van der Waals surface area (Å²) < 4.78 is 17.2. The van der Waals surface area contributed by atoms with E-state index >= 15 is 0 Å². The molecule has 5 rings (SSSR count). The van der Waals surface area contributed by atoms with E-state index in [-0.39, 0.29) is 30.0 Å². The second kappa shape index (κ2) is 12.4. The number of methoxy groups -OCH3 is 2. The molecule has 0 radical (unpaired) electrons. The lowest BCUT2D eigenvalue weighted by Gasteiger charge is -2.36. The van der Waals surface area contributed by atoms with E-state index in [9.17, 15) is 14.4 Å². The molecule has 4 heterocycles. The number of nitrogens with one attached hydrogen (secondary N) is 1. The van der Waals surface area contributed by atoms with Crippen molar-refractivity contribution in [2.75, 3.05) is 58.5 Å². The minimum absolute atomic E-state index is 0.0414. The molecule has 2 amide bonds. The number of carbonyl (C=O) groups is 2. The second-order valence-electron chi connectivity index (χ2n) is 11.0. The minimum Gasteiger partial charge on any atom is -0.496 e. The Morgan fingerprint density at radius 1 is 1.10 bits per heavy atom. The fourth-order valence-corrected chi connectivity index (χ4v) is 5.72. The predicted molar refractivity (Wildman–Crippen MR) is 160 cm³/mol. The first-order chi connectivity index (χ1) is 20.2. The first kappa shape index (κ1) is 29.4. The van der Waals surface area contributed by atoms with Gasteiger partial charge in [0.1, 0.15) is 28.4 Å². The molecule has 11 nitrogen and oxygen atoms in total. The Hall–Kier alpha value is -4.12. The highest BCUT2D eigenvalue weighted by Gasteiger charge is 2.29. The number of ether oxygens (including phenoxy) is 3. The van der Waals surface area contributed by atoms with Crippen molar-refractivity contribution in [1.82, 2.24) is 19.8 Å². The van der Waals surface area contributed by atoms with Crippen LogP contribution in [0.3, 0.4) is 0 Å². The van der Waals surface area contributed by atoms with Crippen LogP contribution >= 0.6 is 0 Å². The number of carbonyl (C=O) groups excluding carboxylic acids is 2. The number of aryl methyl sites for hydroxylation is 2. The van der Waals surface area contributed by atoms with Gasteiger partial charge >= 0.3 is 0 Å². The summed E-state index contributed by atoms with van der Waals surface area (Å²) in [6, 6.07) is 7.32. The Kier molecular flexibility index (Phi) is 8.67. The predicted octanol–water partition coefficient (Wildman–Crippen LogP) is 3.05. The fourth-order valence-electron chi connectivity index (χ4n) is 5.72. The van der Waals surface area contributed by atoms with E-state index < -0.39 is 5.56 Å². The van der Waals surface area contributed by atoms with Gasteiger partial charge in [0.05, 0.1) is 20.3 Å². The summed E-state index contributed by atoms with van der Waals surface area (Å²) in [5.41, 5.74) is 2.70. The van der Waals surface area contributed by atoms with Gasteiger partial charge in [-0.15, -0.1) is 0 Å². The first-order valence-corrected chi connectivity index (χ1v) is 14.4. The third kappa shape index (κ3) is 5.92. The SMILES string of the molecule is COc1ccc(OC)c2nc(N3CCN(C(C)=O)CC3)c(CN(CC3CCCO3)C(=O)c3cc(C)c(C)[nH]c3=O)cc12. The number of H-pyrrole nitrogens is 1. The molecule has 0 bridgehead atoms. The maximum Gasteiger partial charge on any atom is 0.261 e. The van der Waals surface area contributed by atoms with Crippen LogP contribution in [0.25, 0.3) is 10.9 Å². The van der Waals surface area contributed by atoms with Crippen molar-refractivity contribution < 1.29 is 23.8 Å². The van der Waals surface area contributed by atoms with Crippen molar-refractivity contribution in [3.63, 3.8) is 0 Å². The molecule has 2 aromatic heterocycles. The van der Waals surface area contributed by atoms with E-state index in [1.807, 2.05) is 36.9 Å². The van der Waals surface area contributed by atoms with Crippen molar-refractivity contribution in [2.24, 2.45) is 0 Å². The molecular weight excluding hydrogens is 538 g/mol. The number of hydrogen-bond acceptors (Lipinski definition) is 8. The van der Waals surface area contributed by atoms with Crippen molar-refractivity contribution in [3.8, 4) is 11.5 Å². The number of anilines is 1. The van der Waals surface area contributed by atoms with Crippen LogP contribution in [-0.4, -0.2) is 91.2 Å². The molecule has 42 heavy (non-hydrogen) atoms. The molecule has 224 valence electrons. The number of benzene rings is 1. The lowest BCUT2D eigenvalue weighted by Crippen LogP contribution is -2.48. The Balaban J connectivity index is 1.61. The Morgan fingerprint density at radius 2 is 1.81 bits per heavy atom. The zero-order valence-electron chi connectivity index (χ0n) is 25.0. The van der Waals surface area contributed by atoms with E-state index in [1.54, 1.807) is 32.1 Å². The highest BCUT2D eigenvalue weighted by Crippen LogP contribution is 2.36. The molecule has 0 spiro atoms. The van der Waals surface area contributed by atoms with Gasteiger partial charge in [-0.05, 0) is 56.5 Å². The molecule has 1 aromatic carbocycles. The summed E-state index contributed by atoms with van der Waals surface area (Å²) in [4.78, 5) is 52.5. The van der Waals surface area contributed by atoms with Crippen LogP contribution in [0.2, 0.25) is 0 Å². The minimum atomic E-state index is -0.413. The van der Waals surface area contributed by atoms with Gasteiger partial charge in [-0.25, -0.2) is 4.98 Å². The molecule has 1 unspecified atom stereocenters. The summed E-state index contributed by atoms with van der Waals surface area (Å²) in [6.45, 7) is 8.79. The second-order valence-corrected chi connectivity index (χ2v) is 11.0. The molecule has 3 aromatic rings. The Bertz CT molecular complexity index is 1540. The third-order valence-electron chi connectivity index (χ3n) is 8.25. The Labute approximate surface area is 245 Å². The van der Waals surface area contributed by atoms with Crippen molar-refractivity contribution in [1.29, 1.82) is 0 Å². The molecular formula is C31H39N5O6. The number of nitrogens with zero attached hydrogens (tertiary/aromatic N) is 4. The standard InChI is InChI=1S/C31H39N5O6/c1-19-15-25(30(38)32-20(19)2)31(39)36(18-23-7-6-14-42-23)17-22-16-24-26(40-4)8-9-27(41-5)28(24)33-29(22)35-12-10-34(11-13-35)21(3)37/h8-9,15-16,23H,6-7,10-14,17-18H2,1-5H3,(H,32,38). The number of amides is 2. The van der Waals surface area contributed by atoms with Crippen molar-refractivity contribution >= 4 is 28.5 Å². The van der Waals surface area contributed by atoms with E-state index in [1.165, 1.54) is 0 Å². The van der Waals surface area contributed by atoms with E-state index in [2.05, 4.69) is 9.88 Å². The van der Waals surface area contributed by atoms with Crippen LogP contribution in [0, 0.1) is 13.8 Å². The van der Waals surface area contributed by atoms with Gasteiger partial charge in [0, 0.05) is 69.4 Å². The number of aromatic nitrogens is 2. The molecule has 0 saturated carbocycles. The number of fused-ring (bicyclic) bond motifs is 1. The quantitative estimate of drug-likeness (QED) is 0.434. The van der Waals surface area contributed by atoms with Crippen LogP contribution in [0.15, 0.2) is 29.1 Å². The number of piperazine rings is 1. The van der Waals surface area contributed by atoms with Gasteiger partial charge in [0.15, 0.2) is 0 Å². The van der Waals surface area contributed by atoms with Gasteiger partial charge in [-0.2, -0.15) is 0 Å². The number of pyridine rings is 2. The zero-order chi connectivity index (χ0) is 30.0. The average Bonchev–Trinajstić information content (AvgIpc) is 3.50. The van der Waals surface area contributed by atoms with Crippen molar-refractivity contribution in [2.45, 2.75) is 46.3 Å². The van der Waals surface area contributed by atoms with Crippen LogP contribution in [-0.2, 0) is 16.1 Å². The summed E-state index contributed by atoms with van der Waals surface area (Å²) in [7, 11) is 3.21. The first-order valence-electron chi connectivity index (χ1n) is 14.4. The van der Waals surface area contributed by atoms with Gasteiger partial charge < -0.3 is 33.9 Å². The molecule has 2 aliphatic rings. The smallest absolute Gasteiger partial charge is 0.261 e. The maximum atomic E-state index is 14.0. The lowest BCUT2D eigenvalue weighted by molar-refractivity contribution is -0.129. The maximum absolute atomic E-state index is 14.0. The van der Waals surface area contributed by atoms with Crippen LogP contribution in [0.5, 0.6) is 11.5 Å². The number of hydrogen-bond donors (Lipinski definition) is 1. The molecule has 2 fully saturated rings. The molecule has 1 atom stereocenters. The van der Waals surface area contributed by atoms with Crippen LogP contribution < -0.4 is 19.9 Å². The molecule has 2 aliphatic heterocycles. The lowest BCUT2D eigenvalue weighted by atomic mass is 10.1. The largest absolute Gasteiger partial charge is 0.496 e. The van der Waals surface area contributed by atoms with E-state index in [0.717, 1.165) is 35.0 Å². The highest BCUT2D eigenvalue weighted by atomic mass is 16.5. The van der Waals surface area contributed by atoms with Gasteiger partial charge in [0.25, 0.3) is 11.5 Å². The third-order valence-corrected chi connectivity index (χ3v) is 8.25. The van der Waals surface area contributed by atoms with Crippen LogP contribution in [0.4, 0.5) is 5.82 Å². The Morgan fingerprint density at radius 3 is 2.45 bits per heavy atom. The topological polar surface area (TPSA) is 117 Å². The number of aromatic amines is 1. The van der Waals surface area contributed by atoms with E-state index in [4.69, 9.17) is 19.2 Å². The zero-order valence-corrected chi connectivity index (χ0v) is 25.0. The van der Waals surface area contributed by atoms with Crippen molar-refractivity contribution in [3.05, 3.63) is 57.0 Å². The molecule has 1 N–H and O–H groups in total. The summed E-state index contributed by atoms with van der Waals surface area (Å²) in [5.74, 6) is 1.63. The summed E-state index contributed by atoms with van der Waals surface area (Å²) in [6.07, 6.45) is 1.65. The monoisotopic (exact) mass is 577 g/mol. The molecule has 0 aliphatic carbocycles.